The van der Waals surface area contributed by atoms with Gasteiger partial charge in [0.25, 0.3) is 0 Å². The van der Waals surface area contributed by atoms with E-state index in [0.717, 1.165) is 68.8 Å². The molecule has 2 aliphatic heterocycles. The summed E-state index contributed by atoms with van der Waals surface area (Å²) in [6.07, 6.45) is 13.0. The highest BCUT2D eigenvalue weighted by atomic mass is 16.2. The van der Waals surface area contributed by atoms with Gasteiger partial charge in [0.2, 0.25) is 5.91 Å². The normalized spacial score (nSPS) is 19.0. The van der Waals surface area contributed by atoms with Crippen LogP contribution in [0, 0.1) is 12.8 Å². The van der Waals surface area contributed by atoms with Crippen molar-refractivity contribution in [2.75, 3.05) is 31.1 Å². The molecule has 0 aliphatic carbocycles. The van der Waals surface area contributed by atoms with E-state index in [0.29, 0.717) is 5.91 Å². The summed E-state index contributed by atoms with van der Waals surface area (Å²) in [4.78, 5) is 21.5. The van der Waals surface area contributed by atoms with Crippen LogP contribution in [0.15, 0.2) is 30.9 Å². The van der Waals surface area contributed by atoms with Crippen LogP contribution in [0.4, 0.5) is 5.69 Å². The van der Waals surface area contributed by atoms with E-state index in [4.69, 9.17) is 0 Å². The Morgan fingerprint density at radius 3 is 2.50 bits per heavy atom. The van der Waals surface area contributed by atoms with Crippen LogP contribution in [0.2, 0.25) is 0 Å². The molecule has 2 saturated heterocycles. The maximum absolute atomic E-state index is 12.8. The van der Waals surface area contributed by atoms with Crippen molar-refractivity contribution in [3.8, 4) is 5.69 Å². The molecule has 0 bridgehead atoms. The lowest BCUT2D eigenvalue weighted by Crippen LogP contribution is -2.44. The molecule has 2 aromatic rings. The number of aromatic nitrogens is 3. The van der Waals surface area contributed by atoms with Crippen molar-refractivity contribution in [1.82, 2.24) is 19.7 Å². The summed E-state index contributed by atoms with van der Waals surface area (Å²) in [5, 5.41) is 4.45. The lowest BCUT2D eigenvalue weighted by atomic mass is 9.94. The number of carbonyl (C=O) groups excluding carboxylic acids is 1. The second kappa shape index (κ2) is 7.48. The van der Waals surface area contributed by atoms with Crippen LogP contribution in [0.25, 0.3) is 5.69 Å². The summed E-state index contributed by atoms with van der Waals surface area (Å²) in [6, 6.07) is 2.01. The van der Waals surface area contributed by atoms with Crippen molar-refractivity contribution < 1.29 is 4.79 Å². The van der Waals surface area contributed by atoms with Gasteiger partial charge in [0, 0.05) is 44.5 Å². The SMILES string of the molecule is Cc1cnn(-c2ccncc2N2CCC(C(=O)N3CCCCC3)CC2)c1. The molecule has 0 spiro atoms. The zero-order valence-electron chi connectivity index (χ0n) is 15.5. The monoisotopic (exact) mass is 353 g/mol. The molecule has 1 amide bonds. The molecule has 0 saturated carbocycles. The Balaban J connectivity index is 1.44. The van der Waals surface area contributed by atoms with E-state index in [1.807, 2.05) is 42.5 Å². The Hall–Kier alpha value is -2.37. The third-order valence-electron chi connectivity index (χ3n) is 5.59. The third-order valence-corrected chi connectivity index (χ3v) is 5.59. The molecule has 4 heterocycles. The fourth-order valence-electron chi connectivity index (χ4n) is 4.10. The summed E-state index contributed by atoms with van der Waals surface area (Å²) < 4.78 is 1.91. The first-order valence-electron chi connectivity index (χ1n) is 9.72. The summed E-state index contributed by atoms with van der Waals surface area (Å²) in [5.41, 5.74) is 3.28. The Bertz CT molecular complexity index is 757. The Morgan fingerprint density at radius 2 is 1.81 bits per heavy atom. The molecule has 4 rings (SSSR count). The number of amides is 1. The summed E-state index contributed by atoms with van der Waals surface area (Å²) >= 11 is 0. The van der Waals surface area contributed by atoms with E-state index >= 15 is 0 Å². The summed E-state index contributed by atoms with van der Waals surface area (Å²) in [7, 11) is 0. The minimum atomic E-state index is 0.177. The number of piperidine rings is 2. The maximum Gasteiger partial charge on any atom is 0.225 e. The molecule has 0 aromatic carbocycles. The van der Waals surface area contributed by atoms with Gasteiger partial charge in [0.15, 0.2) is 0 Å². The zero-order chi connectivity index (χ0) is 17.9. The van der Waals surface area contributed by atoms with Crippen molar-refractivity contribution in [2.24, 2.45) is 5.92 Å². The number of rotatable bonds is 3. The number of pyridine rings is 1. The first-order valence-corrected chi connectivity index (χ1v) is 9.72. The van der Waals surface area contributed by atoms with Crippen LogP contribution in [0.3, 0.4) is 0 Å². The number of likely N-dealkylation sites (tertiary alicyclic amines) is 1. The fourth-order valence-corrected chi connectivity index (χ4v) is 4.10. The predicted molar refractivity (Wildman–Crippen MR) is 101 cm³/mol. The quantitative estimate of drug-likeness (QED) is 0.851. The van der Waals surface area contributed by atoms with Crippen molar-refractivity contribution in [3.63, 3.8) is 0 Å². The predicted octanol–water partition coefficient (Wildman–Crippen LogP) is 2.80. The smallest absolute Gasteiger partial charge is 0.225 e. The van der Waals surface area contributed by atoms with Crippen LogP contribution >= 0.6 is 0 Å². The van der Waals surface area contributed by atoms with Gasteiger partial charge in [-0.2, -0.15) is 5.10 Å². The van der Waals surface area contributed by atoms with Crippen LogP contribution in [0.1, 0.15) is 37.7 Å². The van der Waals surface area contributed by atoms with Gasteiger partial charge in [-0.25, -0.2) is 4.68 Å². The molecule has 2 aliphatic rings. The largest absolute Gasteiger partial charge is 0.368 e. The second-order valence-corrected chi connectivity index (χ2v) is 7.47. The van der Waals surface area contributed by atoms with E-state index in [9.17, 15) is 4.79 Å². The van der Waals surface area contributed by atoms with Crippen LogP contribution in [-0.2, 0) is 4.79 Å². The number of nitrogens with zero attached hydrogens (tertiary/aromatic N) is 5. The Kier molecular flexibility index (Phi) is 4.91. The van der Waals surface area contributed by atoms with Gasteiger partial charge in [0.05, 0.1) is 23.8 Å². The van der Waals surface area contributed by atoms with Gasteiger partial charge < -0.3 is 9.80 Å². The van der Waals surface area contributed by atoms with Gasteiger partial charge in [-0.3, -0.25) is 9.78 Å². The lowest BCUT2D eigenvalue weighted by Gasteiger charge is -2.36. The molecule has 0 atom stereocenters. The third kappa shape index (κ3) is 3.45. The van der Waals surface area contributed by atoms with Gasteiger partial charge in [-0.1, -0.05) is 0 Å². The van der Waals surface area contributed by atoms with Gasteiger partial charge in [-0.05, 0) is 50.7 Å². The van der Waals surface area contributed by atoms with Crippen LogP contribution in [0.5, 0.6) is 0 Å². The molecule has 0 unspecified atom stereocenters. The molecule has 138 valence electrons. The second-order valence-electron chi connectivity index (χ2n) is 7.47. The van der Waals surface area contributed by atoms with Gasteiger partial charge in [0.1, 0.15) is 0 Å². The van der Waals surface area contributed by atoms with Crippen molar-refractivity contribution in [1.29, 1.82) is 0 Å². The minimum Gasteiger partial charge on any atom is -0.368 e. The highest BCUT2D eigenvalue weighted by Crippen LogP contribution is 2.29. The van der Waals surface area contributed by atoms with E-state index in [-0.39, 0.29) is 5.92 Å². The Morgan fingerprint density at radius 1 is 1.04 bits per heavy atom. The molecule has 0 radical (unpaired) electrons. The number of aryl methyl sites for hydroxylation is 1. The molecule has 6 nitrogen and oxygen atoms in total. The fraction of sp³-hybridized carbons (Fsp3) is 0.550. The standard InChI is InChI=1S/C20H27N5O/c1-16-13-22-25(15-16)18-5-8-21-14-19(18)23-11-6-17(7-12-23)20(26)24-9-3-2-4-10-24/h5,8,13-15,17H,2-4,6-7,9-12H2,1H3. The van der Waals surface area contributed by atoms with Gasteiger partial charge >= 0.3 is 0 Å². The van der Waals surface area contributed by atoms with E-state index in [1.54, 1.807) is 0 Å². The van der Waals surface area contributed by atoms with E-state index in [1.165, 1.54) is 6.42 Å². The number of carbonyl (C=O) groups is 1. The first-order chi connectivity index (χ1) is 12.7. The molecule has 6 heteroatoms. The number of anilines is 1. The first kappa shape index (κ1) is 17.1. The van der Waals surface area contributed by atoms with Crippen LogP contribution < -0.4 is 4.90 Å². The zero-order valence-corrected chi connectivity index (χ0v) is 15.5. The van der Waals surface area contributed by atoms with Crippen LogP contribution in [-0.4, -0.2) is 51.8 Å². The number of hydrogen-bond donors (Lipinski definition) is 0. The Labute approximate surface area is 154 Å². The number of hydrogen-bond acceptors (Lipinski definition) is 4. The maximum atomic E-state index is 12.8. The van der Waals surface area contributed by atoms with E-state index < -0.39 is 0 Å². The molecule has 26 heavy (non-hydrogen) atoms. The molecule has 2 fully saturated rings. The van der Waals surface area contributed by atoms with Crippen molar-refractivity contribution in [2.45, 2.75) is 39.0 Å². The van der Waals surface area contributed by atoms with Crippen molar-refractivity contribution in [3.05, 3.63) is 36.4 Å². The lowest BCUT2D eigenvalue weighted by molar-refractivity contribution is -0.137. The topological polar surface area (TPSA) is 54.3 Å². The van der Waals surface area contributed by atoms with E-state index in [2.05, 4.69) is 19.9 Å². The highest BCUT2D eigenvalue weighted by Gasteiger charge is 2.30. The molecular weight excluding hydrogens is 326 g/mol. The van der Waals surface area contributed by atoms with Crippen molar-refractivity contribution >= 4 is 11.6 Å². The molecular formula is C20H27N5O. The highest BCUT2D eigenvalue weighted by molar-refractivity contribution is 5.79. The molecule has 0 N–H and O–H groups in total. The summed E-state index contributed by atoms with van der Waals surface area (Å²) in [5.74, 6) is 0.551. The summed E-state index contributed by atoms with van der Waals surface area (Å²) in [6.45, 7) is 5.73. The van der Waals surface area contributed by atoms with Gasteiger partial charge in [-0.15, -0.1) is 0 Å². The average Bonchev–Trinajstić information content (AvgIpc) is 3.14. The molecule has 2 aromatic heterocycles. The average molecular weight is 353 g/mol. The minimum absolute atomic E-state index is 0.177.